The Morgan fingerprint density at radius 2 is 1.77 bits per heavy atom. The normalized spacial score (nSPS) is 11.8. The third-order valence-corrected chi connectivity index (χ3v) is 4.83. The number of anilines is 2. The van der Waals surface area contributed by atoms with Crippen LogP contribution in [0.2, 0.25) is 5.02 Å². The van der Waals surface area contributed by atoms with Gasteiger partial charge in [0.15, 0.2) is 11.5 Å². The first-order valence-corrected chi connectivity index (χ1v) is 9.42. The van der Waals surface area contributed by atoms with Crippen LogP contribution in [0.3, 0.4) is 0 Å². The Labute approximate surface area is 176 Å². The molecule has 0 bridgehead atoms. The van der Waals surface area contributed by atoms with Crippen LogP contribution in [0.4, 0.5) is 15.8 Å². The van der Waals surface area contributed by atoms with Gasteiger partial charge in [-0.2, -0.15) is 0 Å². The van der Waals surface area contributed by atoms with Crippen LogP contribution in [-0.4, -0.2) is 18.6 Å². The molecule has 152 valence electrons. The Bertz CT molecular complexity index is 1120. The number of hydrogen-bond donors (Lipinski definition) is 2. The predicted octanol–water partition coefficient (Wildman–Crippen LogP) is 4.64. The highest BCUT2D eigenvalue weighted by Crippen LogP contribution is 2.34. The smallest absolute Gasteiger partial charge is 0.257 e. The Morgan fingerprint density at radius 1 is 0.967 bits per heavy atom. The van der Waals surface area contributed by atoms with Gasteiger partial charge >= 0.3 is 0 Å². The fourth-order valence-corrected chi connectivity index (χ4v) is 3.25. The largest absolute Gasteiger partial charge is 0.454 e. The summed E-state index contributed by atoms with van der Waals surface area (Å²) in [5, 5.41) is 5.58. The molecule has 1 heterocycles. The van der Waals surface area contributed by atoms with E-state index >= 15 is 0 Å². The maximum absolute atomic E-state index is 13.9. The molecule has 0 saturated carbocycles. The second-order valence-corrected chi connectivity index (χ2v) is 6.90. The first-order chi connectivity index (χ1) is 14.5. The Hall–Kier alpha value is -3.58. The second kappa shape index (κ2) is 8.42. The fraction of sp³-hybridized carbons (Fsp3) is 0.0909. The summed E-state index contributed by atoms with van der Waals surface area (Å²) in [6, 6.07) is 15.8. The molecule has 2 amide bonds. The highest BCUT2D eigenvalue weighted by Gasteiger charge is 2.18. The van der Waals surface area contributed by atoms with Crippen molar-refractivity contribution >= 4 is 34.8 Å². The molecule has 0 atom stereocenters. The highest BCUT2D eigenvalue weighted by atomic mass is 35.5. The molecule has 0 spiro atoms. The molecule has 4 rings (SSSR count). The molecule has 8 heteroatoms. The van der Waals surface area contributed by atoms with Crippen molar-refractivity contribution in [1.29, 1.82) is 0 Å². The van der Waals surface area contributed by atoms with Crippen molar-refractivity contribution in [2.45, 2.75) is 6.42 Å². The summed E-state index contributed by atoms with van der Waals surface area (Å²) in [7, 11) is 0. The molecule has 0 aromatic heterocycles. The van der Waals surface area contributed by atoms with E-state index in [-0.39, 0.29) is 29.4 Å². The molecule has 1 aliphatic rings. The summed E-state index contributed by atoms with van der Waals surface area (Å²) < 4.78 is 24.5. The van der Waals surface area contributed by atoms with Crippen molar-refractivity contribution in [3.05, 3.63) is 82.6 Å². The predicted molar refractivity (Wildman–Crippen MR) is 111 cm³/mol. The molecule has 0 fully saturated rings. The van der Waals surface area contributed by atoms with Crippen LogP contribution in [0.25, 0.3) is 0 Å². The fourth-order valence-electron chi connectivity index (χ4n) is 3.02. The Morgan fingerprint density at radius 3 is 2.60 bits per heavy atom. The number of para-hydroxylation sites is 1. The standard InChI is InChI=1S/C22H16ClFN2O4/c23-16-5-3-6-17(24)15(16)11-21(27)26-18-7-2-1-4-14(18)22(28)25-13-8-9-19-20(10-13)30-12-29-19/h1-10H,11-12H2,(H,25,28)(H,26,27). The van der Waals surface area contributed by atoms with E-state index in [0.29, 0.717) is 22.9 Å². The molecule has 2 N–H and O–H groups in total. The van der Waals surface area contributed by atoms with E-state index in [0.717, 1.165) is 0 Å². The molecular formula is C22H16ClFN2O4. The number of rotatable bonds is 5. The molecule has 1 aliphatic heterocycles. The lowest BCUT2D eigenvalue weighted by atomic mass is 10.1. The average molecular weight is 427 g/mol. The van der Waals surface area contributed by atoms with Crippen molar-refractivity contribution < 1.29 is 23.5 Å². The van der Waals surface area contributed by atoms with Crippen LogP contribution in [0.5, 0.6) is 11.5 Å². The van der Waals surface area contributed by atoms with Crippen LogP contribution in [-0.2, 0) is 11.2 Å². The monoisotopic (exact) mass is 426 g/mol. The number of amides is 2. The zero-order chi connectivity index (χ0) is 21.1. The van der Waals surface area contributed by atoms with Crippen molar-refractivity contribution in [2.24, 2.45) is 0 Å². The van der Waals surface area contributed by atoms with Gasteiger partial charge in [-0.3, -0.25) is 9.59 Å². The molecule has 3 aromatic rings. The number of carbonyl (C=O) groups is 2. The lowest BCUT2D eigenvalue weighted by molar-refractivity contribution is -0.115. The van der Waals surface area contributed by atoms with E-state index in [1.54, 1.807) is 42.5 Å². The molecule has 0 radical (unpaired) electrons. The lowest BCUT2D eigenvalue weighted by Gasteiger charge is -2.12. The van der Waals surface area contributed by atoms with Gasteiger partial charge in [0.2, 0.25) is 12.7 Å². The quantitative estimate of drug-likeness (QED) is 0.623. The molecule has 3 aromatic carbocycles. The first-order valence-electron chi connectivity index (χ1n) is 9.04. The van der Waals surface area contributed by atoms with Gasteiger partial charge in [0.25, 0.3) is 5.91 Å². The SMILES string of the molecule is O=C(Cc1c(F)cccc1Cl)Nc1ccccc1C(=O)Nc1ccc2c(c1)OCO2. The topological polar surface area (TPSA) is 76.7 Å². The summed E-state index contributed by atoms with van der Waals surface area (Å²) in [5.74, 6) is -0.339. The second-order valence-electron chi connectivity index (χ2n) is 6.49. The van der Waals surface area contributed by atoms with Crippen LogP contribution < -0.4 is 20.1 Å². The Kier molecular flexibility index (Phi) is 5.54. The molecule has 0 aliphatic carbocycles. The van der Waals surface area contributed by atoms with Gasteiger partial charge in [-0.05, 0) is 36.4 Å². The third-order valence-electron chi connectivity index (χ3n) is 4.48. The van der Waals surface area contributed by atoms with E-state index in [1.807, 2.05) is 0 Å². The van der Waals surface area contributed by atoms with Gasteiger partial charge in [0, 0.05) is 22.3 Å². The zero-order valence-corrected chi connectivity index (χ0v) is 16.3. The maximum atomic E-state index is 13.9. The number of ether oxygens (including phenoxy) is 2. The van der Waals surface area contributed by atoms with Gasteiger partial charge < -0.3 is 20.1 Å². The van der Waals surface area contributed by atoms with Gasteiger partial charge in [-0.1, -0.05) is 29.8 Å². The van der Waals surface area contributed by atoms with Gasteiger partial charge in [0.05, 0.1) is 17.7 Å². The molecule has 6 nitrogen and oxygen atoms in total. The summed E-state index contributed by atoms with van der Waals surface area (Å²) in [4.78, 5) is 25.2. The minimum Gasteiger partial charge on any atom is -0.454 e. The van der Waals surface area contributed by atoms with E-state index in [2.05, 4.69) is 10.6 Å². The minimum absolute atomic E-state index is 0.0963. The van der Waals surface area contributed by atoms with Crippen molar-refractivity contribution in [2.75, 3.05) is 17.4 Å². The minimum atomic E-state index is -0.563. The first kappa shape index (κ1) is 19.7. The molecule has 0 unspecified atom stereocenters. The number of hydrogen-bond acceptors (Lipinski definition) is 4. The number of fused-ring (bicyclic) bond motifs is 1. The number of halogens is 2. The average Bonchev–Trinajstić information content (AvgIpc) is 3.19. The van der Waals surface area contributed by atoms with Gasteiger partial charge in [-0.15, -0.1) is 0 Å². The number of carbonyl (C=O) groups excluding carboxylic acids is 2. The summed E-state index contributed by atoms with van der Waals surface area (Å²) in [6.45, 7) is 0.133. The number of nitrogens with one attached hydrogen (secondary N) is 2. The summed E-state index contributed by atoms with van der Waals surface area (Å²) in [6.07, 6.45) is -0.260. The van der Waals surface area contributed by atoms with Crippen LogP contribution in [0, 0.1) is 5.82 Å². The van der Waals surface area contributed by atoms with E-state index in [9.17, 15) is 14.0 Å². The highest BCUT2D eigenvalue weighted by molar-refractivity contribution is 6.31. The molecule has 30 heavy (non-hydrogen) atoms. The lowest BCUT2D eigenvalue weighted by Crippen LogP contribution is -2.20. The van der Waals surface area contributed by atoms with Crippen LogP contribution >= 0.6 is 11.6 Å². The van der Waals surface area contributed by atoms with Gasteiger partial charge in [0.1, 0.15) is 5.82 Å². The molecule has 0 saturated heterocycles. The van der Waals surface area contributed by atoms with Crippen LogP contribution in [0.1, 0.15) is 15.9 Å². The zero-order valence-electron chi connectivity index (χ0n) is 15.6. The Balaban J connectivity index is 1.49. The van der Waals surface area contributed by atoms with Crippen molar-refractivity contribution in [1.82, 2.24) is 0 Å². The van der Waals surface area contributed by atoms with Crippen molar-refractivity contribution in [3.63, 3.8) is 0 Å². The van der Waals surface area contributed by atoms with Gasteiger partial charge in [-0.25, -0.2) is 4.39 Å². The summed E-state index contributed by atoms with van der Waals surface area (Å²) in [5.41, 5.74) is 1.17. The third kappa shape index (κ3) is 4.21. The number of benzene rings is 3. The summed E-state index contributed by atoms with van der Waals surface area (Å²) >= 11 is 5.99. The van der Waals surface area contributed by atoms with Crippen LogP contribution in [0.15, 0.2) is 60.7 Å². The van der Waals surface area contributed by atoms with E-state index in [1.165, 1.54) is 18.2 Å². The maximum Gasteiger partial charge on any atom is 0.257 e. The van der Waals surface area contributed by atoms with Crippen molar-refractivity contribution in [3.8, 4) is 11.5 Å². The van der Waals surface area contributed by atoms with E-state index < -0.39 is 17.6 Å². The molecular weight excluding hydrogens is 411 g/mol. The van der Waals surface area contributed by atoms with E-state index in [4.69, 9.17) is 21.1 Å².